The van der Waals surface area contributed by atoms with Crippen molar-refractivity contribution < 1.29 is 13.6 Å². The Morgan fingerprint density at radius 3 is 2.00 bits per heavy atom. The van der Waals surface area contributed by atoms with E-state index in [-0.39, 0.29) is 5.41 Å². The summed E-state index contributed by atoms with van der Waals surface area (Å²) in [5, 5.41) is 0. The molecule has 96 valence electrons. The predicted octanol–water partition coefficient (Wildman–Crippen LogP) is 5.13. The third-order valence-electron chi connectivity index (χ3n) is 2.03. The van der Waals surface area contributed by atoms with Crippen LogP contribution in [0.2, 0.25) is 0 Å². The van der Waals surface area contributed by atoms with Crippen LogP contribution in [0.1, 0.15) is 20.8 Å². The fraction of sp³-hybridized carbons (Fsp3) is 0.455. The molecule has 0 saturated heterocycles. The van der Waals surface area contributed by atoms with Crippen LogP contribution in [-0.2, 0) is 4.52 Å². The summed E-state index contributed by atoms with van der Waals surface area (Å²) < 4.78 is 16.5. The van der Waals surface area contributed by atoms with Crippen molar-refractivity contribution in [1.29, 1.82) is 0 Å². The van der Waals surface area contributed by atoms with Gasteiger partial charge in [-0.3, -0.25) is 0 Å². The number of benzene rings is 1. The normalized spacial score (nSPS) is 22.8. The molecule has 1 heterocycles. The molecule has 0 aliphatic carbocycles. The van der Waals surface area contributed by atoms with Gasteiger partial charge in [0.25, 0.3) is 0 Å². The summed E-state index contributed by atoms with van der Waals surface area (Å²) in [6, 6.07) is 7.13. The van der Waals surface area contributed by atoms with E-state index in [2.05, 4.69) is 0 Å². The first-order valence-electron chi connectivity index (χ1n) is 5.26. The van der Waals surface area contributed by atoms with Crippen LogP contribution in [0.5, 0.6) is 11.5 Å². The van der Waals surface area contributed by atoms with Crippen molar-refractivity contribution in [2.24, 2.45) is 5.41 Å². The molecule has 0 fully saturated rings. The Morgan fingerprint density at radius 2 is 1.59 bits per heavy atom. The van der Waals surface area contributed by atoms with Gasteiger partial charge in [-0.1, -0.05) is 0 Å². The molecular formula is C11H15Cl2O3P. The van der Waals surface area contributed by atoms with Gasteiger partial charge in [-0.05, 0) is 0 Å². The monoisotopic (exact) mass is 296 g/mol. The van der Waals surface area contributed by atoms with E-state index in [1.807, 2.05) is 32.9 Å². The minimum absolute atomic E-state index is 0.0732. The van der Waals surface area contributed by atoms with Gasteiger partial charge in [0.15, 0.2) is 0 Å². The zero-order valence-electron chi connectivity index (χ0n) is 9.94. The van der Waals surface area contributed by atoms with Crippen LogP contribution >= 0.6 is 28.5 Å². The number of hydrogen-bond acceptors (Lipinski definition) is 3. The zero-order chi connectivity index (χ0) is 12.8. The van der Waals surface area contributed by atoms with E-state index in [4.69, 9.17) is 36.1 Å². The first-order chi connectivity index (χ1) is 7.66. The molecule has 0 amide bonds. The maximum atomic E-state index is 6.23. The number of rotatable bonds is 2. The van der Waals surface area contributed by atoms with Gasteiger partial charge in [0.05, 0.1) is 0 Å². The summed E-state index contributed by atoms with van der Waals surface area (Å²) in [6.07, 6.45) is 0. The molecule has 6 heteroatoms. The van der Waals surface area contributed by atoms with E-state index in [0.29, 0.717) is 18.1 Å². The second-order valence-electron chi connectivity index (χ2n) is 5.16. The molecule has 0 unspecified atom stereocenters. The Labute approximate surface area is 111 Å². The second kappa shape index (κ2) is 3.89. The topological polar surface area (TPSA) is 27.7 Å². The van der Waals surface area contributed by atoms with Crippen molar-refractivity contribution in [1.82, 2.24) is 0 Å². The molecule has 0 spiro atoms. The third-order valence-corrected chi connectivity index (χ3v) is 4.95. The molecule has 0 bridgehead atoms. The van der Waals surface area contributed by atoms with Crippen LogP contribution in [0, 0.1) is 5.41 Å². The van der Waals surface area contributed by atoms with E-state index in [9.17, 15) is 0 Å². The summed E-state index contributed by atoms with van der Waals surface area (Å²) in [7, 11) is 0. The van der Waals surface area contributed by atoms with Crippen molar-refractivity contribution >= 4 is 28.5 Å². The first-order valence-corrected chi connectivity index (χ1v) is 9.06. The van der Waals surface area contributed by atoms with E-state index in [0.717, 1.165) is 0 Å². The van der Waals surface area contributed by atoms with Gasteiger partial charge in [-0.15, -0.1) is 0 Å². The Balaban J connectivity index is 2.17. The van der Waals surface area contributed by atoms with E-state index in [1.54, 1.807) is 12.1 Å². The molecule has 3 nitrogen and oxygen atoms in total. The third kappa shape index (κ3) is 3.17. The summed E-state index contributed by atoms with van der Waals surface area (Å²) >= 11 is 12.5. The molecule has 1 aromatic rings. The molecule has 2 rings (SSSR count). The Hall–Kier alpha value is -0.210. The van der Waals surface area contributed by atoms with Crippen molar-refractivity contribution in [2.75, 3.05) is 6.61 Å². The first kappa shape index (κ1) is 13.2. The molecule has 17 heavy (non-hydrogen) atoms. The number of halogens is 2. The summed E-state index contributed by atoms with van der Waals surface area (Å²) in [4.78, 5) is 0. The Morgan fingerprint density at radius 1 is 1.12 bits per heavy atom. The van der Waals surface area contributed by atoms with E-state index < -0.39 is 5.99 Å². The molecule has 0 atom stereocenters. The Bertz CT molecular complexity index is 414. The molecule has 1 aliphatic rings. The number of hydrogen-bond donors (Lipinski definition) is 0. The van der Waals surface area contributed by atoms with Gasteiger partial charge in [-0.2, -0.15) is 0 Å². The Kier molecular flexibility index (Phi) is 3.03. The summed E-state index contributed by atoms with van der Waals surface area (Å²) in [6.45, 7) is 6.40. The standard InChI is InChI=1S/C11H15Cl2O3P/c1-11(2,3)8-14-17(12,13)15-9-6-4-5-7-10(9)16-17/h4-7H,8H2,1-3H3. The molecule has 0 N–H and O–H groups in total. The van der Waals surface area contributed by atoms with Gasteiger partial charge >= 0.3 is 111 Å². The molecule has 0 saturated carbocycles. The van der Waals surface area contributed by atoms with Gasteiger partial charge < -0.3 is 0 Å². The summed E-state index contributed by atoms with van der Waals surface area (Å²) in [5.74, 6) is -3.00. The fourth-order valence-corrected chi connectivity index (χ4v) is 4.11. The van der Waals surface area contributed by atoms with Gasteiger partial charge in [-0.25, -0.2) is 0 Å². The van der Waals surface area contributed by atoms with Crippen LogP contribution in [0.3, 0.4) is 0 Å². The second-order valence-corrected chi connectivity index (χ2v) is 11.2. The average molecular weight is 297 g/mol. The van der Waals surface area contributed by atoms with E-state index in [1.165, 1.54) is 0 Å². The van der Waals surface area contributed by atoms with Crippen molar-refractivity contribution in [3.05, 3.63) is 24.3 Å². The number of para-hydroxylation sites is 2. The van der Waals surface area contributed by atoms with Crippen LogP contribution < -0.4 is 9.05 Å². The van der Waals surface area contributed by atoms with Crippen LogP contribution in [0.25, 0.3) is 0 Å². The summed E-state index contributed by atoms with van der Waals surface area (Å²) in [5.41, 5.74) is -0.0732. The SMILES string of the molecule is CC(C)(C)COP1(Cl)(Cl)Oc2ccccc2O1. The van der Waals surface area contributed by atoms with Crippen molar-refractivity contribution in [3.8, 4) is 11.5 Å². The van der Waals surface area contributed by atoms with Crippen molar-refractivity contribution in [2.45, 2.75) is 20.8 Å². The van der Waals surface area contributed by atoms with Gasteiger partial charge in [0.1, 0.15) is 0 Å². The zero-order valence-corrected chi connectivity index (χ0v) is 12.4. The van der Waals surface area contributed by atoms with Gasteiger partial charge in [0.2, 0.25) is 0 Å². The fourth-order valence-electron chi connectivity index (χ4n) is 1.28. The molecule has 1 aromatic carbocycles. The quantitative estimate of drug-likeness (QED) is 0.708. The average Bonchev–Trinajstić information content (AvgIpc) is 2.46. The van der Waals surface area contributed by atoms with Gasteiger partial charge in [0, 0.05) is 0 Å². The molecule has 0 radical (unpaired) electrons. The number of fused-ring (bicyclic) bond motifs is 1. The molecule has 0 aromatic heterocycles. The van der Waals surface area contributed by atoms with Crippen molar-refractivity contribution in [3.63, 3.8) is 0 Å². The van der Waals surface area contributed by atoms with Crippen LogP contribution in [-0.4, -0.2) is 6.61 Å². The maximum absolute atomic E-state index is 6.23. The van der Waals surface area contributed by atoms with Crippen LogP contribution in [0.15, 0.2) is 24.3 Å². The van der Waals surface area contributed by atoms with E-state index >= 15 is 0 Å². The minimum atomic E-state index is -4.03. The molecule has 1 aliphatic heterocycles. The predicted molar refractivity (Wildman–Crippen MR) is 71.7 cm³/mol. The molecular weight excluding hydrogens is 282 g/mol. The van der Waals surface area contributed by atoms with Crippen LogP contribution in [0.4, 0.5) is 0 Å².